The molecule has 12 heteroatoms. The summed E-state index contributed by atoms with van der Waals surface area (Å²) in [6, 6.07) is 28.7. The Morgan fingerprint density at radius 3 is 2.27 bits per heavy atom. The minimum atomic E-state index is -0.480. The maximum Gasteiger partial charge on any atom is 0.272 e. The van der Waals surface area contributed by atoms with Crippen LogP contribution >= 0.6 is 39.0 Å². The fraction of sp³-hybridized carbons (Fsp3) is 0.111. The second-order valence-corrected chi connectivity index (χ2v) is 13.5. The van der Waals surface area contributed by atoms with Crippen LogP contribution in [0.2, 0.25) is 0 Å². The lowest BCUT2D eigenvalue weighted by Crippen LogP contribution is -2.30. The number of nitrogens with one attached hydrogen (secondary N) is 3. The molecule has 0 aliphatic heterocycles. The number of aromatic nitrogens is 1. The minimum absolute atomic E-state index is 0.0893. The van der Waals surface area contributed by atoms with Crippen LogP contribution in [0.15, 0.2) is 118 Å². The van der Waals surface area contributed by atoms with E-state index >= 15 is 0 Å². The number of thiazole rings is 1. The number of halogens is 1. The number of carbonyl (C=O) groups excluding carboxylic acids is 3. The molecule has 0 saturated heterocycles. The maximum absolute atomic E-state index is 13.4. The van der Waals surface area contributed by atoms with Gasteiger partial charge in [0.25, 0.3) is 11.8 Å². The van der Waals surface area contributed by atoms with Crippen molar-refractivity contribution in [1.29, 1.82) is 0 Å². The smallest absolute Gasteiger partial charge is 0.272 e. The molecular formula is C36H31BrN4O5S2. The van der Waals surface area contributed by atoms with E-state index in [-0.39, 0.29) is 11.6 Å². The van der Waals surface area contributed by atoms with Crippen molar-refractivity contribution in [1.82, 2.24) is 10.3 Å². The van der Waals surface area contributed by atoms with Gasteiger partial charge in [-0.1, -0.05) is 46.3 Å². The third-order valence-corrected chi connectivity index (χ3v) is 9.32. The zero-order valence-corrected chi connectivity index (χ0v) is 29.4. The van der Waals surface area contributed by atoms with Gasteiger partial charge in [0, 0.05) is 31.6 Å². The van der Waals surface area contributed by atoms with Crippen molar-refractivity contribution >= 4 is 73.6 Å². The molecule has 5 rings (SSSR count). The minimum Gasteiger partial charge on any atom is -0.493 e. The molecule has 1 aromatic heterocycles. The van der Waals surface area contributed by atoms with Crippen LogP contribution in [-0.4, -0.2) is 42.2 Å². The number of hydrogen-bond donors (Lipinski definition) is 3. The van der Waals surface area contributed by atoms with Crippen molar-refractivity contribution in [2.24, 2.45) is 0 Å². The first-order chi connectivity index (χ1) is 23.2. The lowest BCUT2D eigenvalue weighted by molar-refractivity contribution is -0.115. The normalized spacial score (nSPS) is 11.7. The van der Waals surface area contributed by atoms with Gasteiger partial charge in [-0.15, -0.1) is 23.1 Å². The zero-order valence-electron chi connectivity index (χ0n) is 26.2. The van der Waals surface area contributed by atoms with E-state index < -0.39 is 17.1 Å². The molecule has 1 atom stereocenters. The van der Waals surface area contributed by atoms with E-state index in [9.17, 15) is 14.4 Å². The summed E-state index contributed by atoms with van der Waals surface area (Å²) in [6.45, 7) is 1.81. The zero-order chi connectivity index (χ0) is 34.0. The lowest BCUT2D eigenvalue weighted by Gasteiger charge is -2.13. The highest BCUT2D eigenvalue weighted by molar-refractivity contribution is 9.10. The van der Waals surface area contributed by atoms with Crippen LogP contribution in [0.1, 0.15) is 22.8 Å². The molecule has 0 aliphatic rings. The Morgan fingerprint density at radius 1 is 0.875 bits per heavy atom. The van der Waals surface area contributed by atoms with Crippen molar-refractivity contribution in [2.45, 2.75) is 17.1 Å². The molecule has 0 fully saturated rings. The van der Waals surface area contributed by atoms with Gasteiger partial charge in [-0.25, -0.2) is 4.98 Å². The molecular weight excluding hydrogens is 712 g/mol. The number of rotatable bonds is 12. The van der Waals surface area contributed by atoms with Crippen LogP contribution in [0, 0.1) is 0 Å². The molecule has 1 heterocycles. The molecule has 244 valence electrons. The largest absolute Gasteiger partial charge is 0.493 e. The van der Waals surface area contributed by atoms with Gasteiger partial charge >= 0.3 is 0 Å². The number of ether oxygens (including phenoxy) is 2. The van der Waals surface area contributed by atoms with E-state index in [4.69, 9.17) is 9.47 Å². The van der Waals surface area contributed by atoms with E-state index in [1.54, 1.807) is 56.7 Å². The predicted octanol–water partition coefficient (Wildman–Crippen LogP) is 8.12. The quantitative estimate of drug-likeness (QED) is 0.0873. The third-order valence-electron chi connectivity index (χ3n) is 6.92. The van der Waals surface area contributed by atoms with Crippen molar-refractivity contribution in [2.75, 3.05) is 24.9 Å². The van der Waals surface area contributed by atoms with Crippen molar-refractivity contribution in [3.63, 3.8) is 0 Å². The van der Waals surface area contributed by atoms with Gasteiger partial charge in [-0.05, 0) is 85.3 Å². The van der Waals surface area contributed by atoms with Gasteiger partial charge in [0.15, 0.2) is 16.6 Å². The van der Waals surface area contributed by atoms with Crippen LogP contribution < -0.4 is 25.4 Å². The van der Waals surface area contributed by atoms with Crippen LogP contribution in [0.3, 0.4) is 0 Å². The van der Waals surface area contributed by atoms with Crippen molar-refractivity contribution < 1.29 is 23.9 Å². The number of anilines is 2. The summed E-state index contributed by atoms with van der Waals surface area (Å²) in [7, 11) is 3.15. The van der Waals surface area contributed by atoms with Crippen molar-refractivity contribution in [3.05, 3.63) is 124 Å². The number of amides is 3. The maximum atomic E-state index is 13.4. The average Bonchev–Trinajstić information content (AvgIpc) is 3.58. The standard InChI is InChI=1S/C36H31BrN4O5S2/c1-22(33(42)41-36-40-30(21-47-36)25-11-18-31(45-2)32(20-25)46-3)48-28-16-14-27(15-17-28)38-35(44)29(19-23-9-12-26(37)13-10-23)39-34(43)24-7-5-4-6-8-24/h4-22H,1-3H3,(H,38,44)(H,39,43)(H,40,41,42)/b29-19-. The Bertz CT molecular complexity index is 1930. The Balaban J connectivity index is 1.20. The summed E-state index contributed by atoms with van der Waals surface area (Å²) < 4.78 is 11.6. The summed E-state index contributed by atoms with van der Waals surface area (Å²) in [5.41, 5.74) is 3.34. The molecule has 0 aliphatic carbocycles. The summed E-state index contributed by atoms with van der Waals surface area (Å²) in [4.78, 5) is 44.6. The van der Waals surface area contributed by atoms with E-state index in [2.05, 4.69) is 36.9 Å². The number of thioether (sulfide) groups is 1. The first kappa shape index (κ1) is 34.4. The van der Waals surface area contributed by atoms with E-state index in [0.717, 1.165) is 20.5 Å². The van der Waals surface area contributed by atoms with Gasteiger partial charge < -0.3 is 25.4 Å². The first-order valence-corrected chi connectivity index (χ1v) is 17.2. The van der Waals surface area contributed by atoms with Crippen LogP contribution in [0.5, 0.6) is 11.5 Å². The second-order valence-electron chi connectivity index (χ2n) is 10.3. The van der Waals surface area contributed by atoms with Gasteiger partial charge in [-0.3, -0.25) is 14.4 Å². The van der Waals surface area contributed by atoms with E-state index in [0.29, 0.717) is 33.6 Å². The molecule has 0 bridgehead atoms. The Labute approximate surface area is 294 Å². The highest BCUT2D eigenvalue weighted by Crippen LogP contribution is 2.34. The monoisotopic (exact) mass is 742 g/mol. The highest BCUT2D eigenvalue weighted by atomic mass is 79.9. The van der Waals surface area contributed by atoms with E-state index in [1.807, 2.05) is 73.0 Å². The Hall–Kier alpha value is -4.91. The second kappa shape index (κ2) is 16.3. The fourth-order valence-electron chi connectivity index (χ4n) is 4.41. The van der Waals surface area contributed by atoms with Crippen LogP contribution in [-0.2, 0) is 9.59 Å². The predicted molar refractivity (Wildman–Crippen MR) is 196 cm³/mol. The number of hydrogen-bond acceptors (Lipinski definition) is 8. The summed E-state index contributed by atoms with van der Waals surface area (Å²) in [5.74, 6) is 0.144. The van der Waals surface area contributed by atoms with E-state index in [1.165, 1.54) is 23.1 Å². The molecule has 3 amide bonds. The summed E-state index contributed by atoms with van der Waals surface area (Å²) in [5, 5.41) is 10.4. The molecule has 1 unspecified atom stereocenters. The Kier molecular flexibility index (Phi) is 11.7. The molecule has 0 radical (unpaired) electrons. The number of benzene rings is 4. The molecule has 4 aromatic carbocycles. The molecule has 48 heavy (non-hydrogen) atoms. The number of nitrogens with zero attached hydrogens (tertiary/aromatic N) is 1. The van der Waals surface area contributed by atoms with Crippen LogP contribution in [0.4, 0.5) is 10.8 Å². The number of carbonyl (C=O) groups is 3. The van der Waals surface area contributed by atoms with Gasteiger partial charge in [0.1, 0.15) is 5.70 Å². The molecule has 0 spiro atoms. The SMILES string of the molecule is COc1ccc(-c2csc(NC(=O)C(C)Sc3ccc(NC(=O)/C(=C/c4ccc(Br)cc4)NC(=O)c4ccccc4)cc3)n2)cc1OC. The van der Waals surface area contributed by atoms with Crippen molar-refractivity contribution in [3.8, 4) is 22.8 Å². The highest BCUT2D eigenvalue weighted by Gasteiger charge is 2.18. The average molecular weight is 744 g/mol. The first-order valence-electron chi connectivity index (χ1n) is 14.6. The number of methoxy groups -OCH3 is 2. The topological polar surface area (TPSA) is 119 Å². The summed E-state index contributed by atoms with van der Waals surface area (Å²) in [6.07, 6.45) is 1.62. The Morgan fingerprint density at radius 2 is 1.58 bits per heavy atom. The molecule has 5 aromatic rings. The molecule has 9 nitrogen and oxygen atoms in total. The van der Waals surface area contributed by atoms with Gasteiger partial charge in [-0.2, -0.15) is 0 Å². The van der Waals surface area contributed by atoms with Crippen LogP contribution in [0.25, 0.3) is 17.3 Å². The van der Waals surface area contributed by atoms with Gasteiger partial charge in [0.05, 0.1) is 25.2 Å². The fourth-order valence-corrected chi connectivity index (χ4v) is 6.26. The lowest BCUT2D eigenvalue weighted by atomic mass is 10.1. The van der Waals surface area contributed by atoms with Gasteiger partial charge in [0.2, 0.25) is 5.91 Å². The third kappa shape index (κ3) is 9.12. The summed E-state index contributed by atoms with van der Waals surface area (Å²) >= 11 is 6.12. The molecule has 0 saturated carbocycles. The molecule has 3 N–H and O–H groups in total.